The van der Waals surface area contributed by atoms with Crippen LogP contribution in [0.2, 0.25) is 0 Å². The molecule has 3 rings (SSSR count). The lowest BCUT2D eigenvalue weighted by Gasteiger charge is -2.15. The molecule has 144 valence electrons. The first-order valence-corrected chi connectivity index (χ1v) is 9.52. The van der Waals surface area contributed by atoms with Crippen molar-refractivity contribution >= 4 is 44.1 Å². The average molecular weight is 400 g/mol. The van der Waals surface area contributed by atoms with Gasteiger partial charge in [0.05, 0.1) is 5.69 Å². The summed E-state index contributed by atoms with van der Waals surface area (Å²) < 4.78 is 33.2. The van der Waals surface area contributed by atoms with Gasteiger partial charge in [0.15, 0.2) is 0 Å². The normalized spacial score (nSPS) is 11.2. The van der Waals surface area contributed by atoms with Crippen molar-refractivity contribution < 1.29 is 27.7 Å². The number of rotatable bonds is 4. The van der Waals surface area contributed by atoms with Crippen molar-refractivity contribution in [2.45, 2.75) is 11.8 Å². The van der Waals surface area contributed by atoms with Crippen LogP contribution < -0.4 is 10.6 Å². The van der Waals surface area contributed by atoms with E-state index in [4.69, 9.17) is 0 Å². The number of phenols is 1. The van der Waals surface area contributed by atoms with Crippen molar-refractivity contribution in [3.05, 3.63) is 60.2 Å². The number of amides is 2. The molecule has 8 nitrogen and oxygen atoms in total. The van der Waals surface area contributed by atoms with Gasteiger partial charge >= 0.3 is 0 Å². The van der Waals surface area contributed by atoms with Crippen molar-refractivity contribution in [3.8, 4) is 5.75 Å². The van der Waals surface area contributed by atoms with Crippen LogP contribution in [0.5, 0.6) is 5.75 Å². The number of nitrogens with one attached hydrogen (secondary N) is 2. The van der Waals surface area contributed by atoms with E-state index in [2.05, 4.69) is 10.6 Å². The van der Waals surface area contributed by atoms with Gasteiger partial charge in [-0.05, 0) is 24.3 Å². The largest absolute Gasteiger partial charge is 0.507 e. The molecule has 0 atom stereocenters. The summed E-state index contributed by atoms with van der Waals surface area (Å²) in [4.78, 5) is 23.1. The zero-order valence-electron chi connectivity index (χ0n) is 14.6. The van der Waals surface area contributed by atoms with Gasteiger partial charge in [0, 0.05) is 35.0 Å². The molecule has 0 radical (unpaired) electrons. The van der Waals surface area contributed by atoms with Crippen LogP contribution in [-0.2, 0) is 14.9 Å². The molecule has 0 aliphatic rings. The summed E-state index contributed by atoms with van der Waals surface area (Å²) in [6.07, 6.45) is 0. The number of benzene rings is 3. The van der Waals surface area contributed by atoms with E-state index in [-0.39, 0.29) is 27.9 Å². The number of carbonyl (C=O) groups is 2. The number of carbonyl (C=O) groups excluding carboxylic acids is 2. The van der Waals surface area contributed by atoms with Gasteiger partial charge in [-0.2, -0.15) is 8.42 Å². The zero-order valence-corrected chi connectivity index (χ0v) is 15.4. The Hall–Kier alpha value is -3.43. The second-order valence-corrected chi connectivity index (χ2v) is 7.40. The average Bonchev–Trinajstić information content (AvgIpc) is 2.63. The van der Waals surface area contributed by atoms with Gasteiger partial charge in [0.25, 0.3) is 16.0 Å². The minimum atomic E-state index is -4.75. The van der Waals surface area contributed by atoms with E-state index < -0.39 is 26.7 Å². The molecule has 0 aliphatic carbocycles. The molecule has 0 spiro atoms. The Labute approximate surface area is 160 Å². The Balaban J connectivity index is 2.21. The van der Waals surface area contributed by atoms with Crippen LogP contribution in [0.1, 0.15) is 17.3 Å². The van der Waals surface area contributed by atoms with Crippen molar-refractivity contribution in [2.75, 3.05) is 10.6 Å². The molecule has 3 aromatic carbocycles. The fourth-order valence-corrected chi connectivity index (χ4v) is 3.45. The van der Waals surface area contributed by atoms with Gasteiger partial charge in [0.1, 0.15) is 10.6 Å². The second-order valence-electron chi connectivity index (χ2n) is 6.01. The first-order chi connectivity index (χ1) is 13.2. The van der Waals surface area contributed by atoms with E-state index in [0.717, 1.165) is 6.07 Å². The standard InChI is InChI=1S/C19H16N2O6S/c1-11(22)20-13-7-8-14-15(9-13)16(23)10-17(28(25,26)27)18(14)21-19(24)12-5-3-2-4-6-12/h2-10,23H,1H3,(H,20,22)(H,21,24)(H,25,26,27). The summed E-state index contributed by atoms with van der Waals surface area (Å²) in [6.45, 7) is 1.32. The second kappa shape index (κ2) is 7.29. The van der Waals surface area contributed by atoms with Crippen LogP contribution in [-0.4, -0.2) is 29.9 Å². The Morgan fingerprint density at radius 2 is 1.61 bits per heavy atom. The van der Waals surface area contributed by atoms with Gasteiger partial charge in [-0.1, -0.05) is 24.3 Å². The number of fused-ring (bicyclic) bond motifs is 1. The van der Waals surface area contributed by atoms with Crippen LogP contribution in [0.4, 0.5) is 11.4 Å². The highest BCUT2D eigenvalue weighted by molar-refractivity contribution is 7.86. The van der Waals surface area contributed by atoms with Gasteiger partial charge in [-0.3, -0.25) is 14.1 Å². The third-order valence-electron chi connectivity index (χ3n) is 3.95. The molecule has 0 aromatic heterocycles. The molecule has 2 amide bonds. The molecular formula is C19H16N2O6S. The summed E-state index contributed by atoms with van der Waals surface area (Å²) >= 11 is 0. The molecule has 9 heteroatoms. The molecular weight excluding hydrogens is 384 g/mol. The summed E-state index contributed by atoms with van der Waals surface area (Å²) in [5, 5.41) is 15.6. The van der Waals surface area contributed by atoms with E-state index in [0.29, 0.717) is 5.69 Å². The monoisotopic (exact) mass is 400 g/mol. The molecule has 0 aliphatic heterocycles. The van der Waals surface area contributed by atoms with Gasteiger partial charge in [0.2, 0.25) is 5.91 Å². The minimum absolute atomic E-state index is 0.172. The quantitative estimate of drug-likeness (QED) is 0.393. The molecule has 0 saturated carbocycles. The number of aromatic hydroxyl groups is 1. The molecule has 28 heavy (non-hydrogen) atoms. The van der Waals surface area contributed by atoms with Crippen molar-refractivity contribution in [1.29, 1.82) is 0 Å². The number of anilines is 2. The van der Waals surface area contributed by atoms with Crippen molar-refractivity contribution in [3.63, 3.8) is 0 Å². The maximum absolute atomic E-state index is 12.5. The predicted molar refractivity (Wildman–Crippen MR) is 104 cm³/mol. The highest BCUT2D eigenvalue weighted by atomic mass is 32.2. The zero-order chi connectivity index (χ0) is 20.5. The van der Waals surface area contributed by atoms with Crippen LogP contribution in [0, 0.1) is 0 Å². The van der Waals surface area contributed by atoms with E-state index in [1.54, 1.807) is 30.3 Å². The molecule has 0 heterocycles. The SMILES string of the molecule is CC(=O)Nc1ccc2c(NC(=O)c3ccccc3)c(S(=O)(=O)O)cc(O)c2c1. The summed E-state index contributed by atoms with van der Waals surface area (Å²) in [5.41, 5.74) is 0.466. The Morgan fingerprint density at radius 3 is 2.21 bits per heavy atom. The van der Waals surface area contributed by atoms with Crippen LogP contribution in [0.25, 0.3) is 10.8 Å². The molecule has 0 unspecified atom stereocenters. The fourth-order valence-electron chi connectivity index (χ4n) is 2.77. The molecule has 0 bridgehead atoms. The summed E-state index contributed by atoms with van der Waals surface area (Å²) in [5.74, 6) is -1.36. The Kier molecular flexibility index (Phi) is 5.04. The van der Waals surface area contributed by atoms with Crippen molar-refractivity contribution in [1.82, 2.24) is 0 Å². The Morgan fingerprint density at radius 1 is 0.929 bits per heavy atom. The van der Waals surface area contributed by atoms with Crippen LogP contribution in [0.15, 0.2) is 59.5 Å². The fraction of sp³-hybridized carbons (Fsp3) is 0.0526. The maximum Gasteiger partial charge on any atom is 0.296 e. The lowest BCUT2D eigenvalue weighted by Crippen LogP contribution is -2.15. The minimum Gasteiger partial charge on any atom is -0.507 e. The number of hydrogen-bond acceptors (Lipinski definition) is 5. The number of phenolic OH excluding ortho intramolecular Hbond substituents is 1. The summed E-state index contributed by atoms with van der Waals surface area (Å²) in [7, 11) is -4.75. The lowest BCUT2D eigenvalue weighted by molar-refractivity contribution is -0.114. The topological polar surface area (TPSA) is 133 Å². The first kappa shape index (κ1) is 19.3. The van der Waals surface area contributed by atoms with Crippen molar-refractivity contribution in [2.24, 2.45) is 0 Å². The van der Waals surface area contributed by atoms with E-state index in [1.165, 1.54) is 25.1 Å². The molecule has 0 fully saturated rings. The highest BCUT2D eigenvalue weighted by Crippen LogP contribution is 2.38. The number of hydrogen-bond donors (Lipinski definition) is 4. The van der Waals surface area contributed by atoms with Crippen LogP contribution >= 0.6 is 0 Å². The third kappa shape index (κ3) is 3.95. The third-order valence-corrected chi connectivity index (χ3v) is 4.83. The summed E-state index contributed by atoms with van der Waals surface area (Å²) in [6, 6.07) is 13.3. The first-order valence-electron chi connectivity index (χ1n) is 8.08. The van der Waals surface area contributed by atoms with E-state index in [9.17, 15) is 27.7 Å². The smallest absolute Gasteiger partial charge is 0.296 e. The van der Waals surface area contributed by atoms with Gasteiger partial charge < -0.3 is 15.7 Å². The van der Waals surface area contributed by atoms with E-state index >= 15 is 0 Å². The van der Waals surface area contributed by atoms with E-state index in [1.807, 2.05) is 0 Å². The molecule has 0 saturated heterocycles. The molecule has 3 aromatic rings. The Bertz CT molecular complexity index is 1190. The molecule has 4 N–H and O–H groups in total. The van der Waals surface area contributed by atoms with Gasteiger partial charge in [-0.25, -0.2) is 0 Å². The lowest BCUT2D eigenvalue weighted by atomic mass is 10.1. The highest BCUT2D eigenvalue weighted by Gasteiger charge is 2.23. The predicted octanol–water partition coefficient (Wildman–Crippen LogP) is 3.00. The van der Waals surface area contributed by atoms with Gasteiger partial charge in [-0.15, -0.1) is 0 Å². The van der Waals surface area contributed by atoms with Crippen LogP contribution in [0.3, 0.4) is 0 Å². The maximum atomic E-state index is 12.5.